The largest absolute Gasteiger partial charge is 0.441 e. The predicted octanol–water partition coefficient (Wildman–Crippen LogP) is 1.69. The summed E-state index contributed by atoms with van der Waals surface area (Å²) >= 11 is 5.10. The summed E-state index contributed by atoms with van der Waals surface area (Å²) in [5.74, 6) is -1.02. The van der Waals surface area contributed by atoms with Crippen molar-refractivity contribution in [3.05, 3.63) is 0 Å². The molecule has 9 heteroatoms. The first-order chi connectivity index (χ1) is 7.22. The molecule has 0 radical (unpaired) electrons. The molecule has 0 aliphatic rings. The van der Waals surface area contributed by atoms with Crippen LogP contribution in [0.4, 0.5) is 18.0 Å². The maximum atomic E-state index is 11.7. The third-order valence-corrected chi connectivity index (χ3v) is 2.19. The van der Waals surface area contributed by atoms with Crippen LogP contribution in [0, 0.1) is 0 Å². The summed E-state index contributed by atoms with van der Waals surface area (Å²) in [4.78, 5) is 21.7. The lowest BCUT2D eigenvalue weighted by Crippen LogP contribution is -2.43. The highest BCUT2D eigenvalue weighted by atomic mass is 35.5. The number of carbonyl (C=O) groups is 2. The van der Waals surface area contributed by atoms with Crippen molar-refractivity contribution in [2.45, 2.75) is 17.8 Å². The molecular formula is C7H10ClF3N2O2S. The van der Waals surface area contributed by atoms with Gasteiger partial charge in [-0.25, -0.2) is 4.79 Å². The van der Waals surface area contributed by atoms with Gasteiger partial charge in [-0.05, 0) is 18.7 Å². The van der Waals surface area contributed by atoms with Crippen molar-refractivity contribution in [2.75, 3.05) is 12.3 Å². The smallest absolute Gasteiger partial charge is 0.337 e. The molecule has 0 spiro atoms. The minimum Gasteiger partial charge on any atom is -0.337 e. The molecule has 1 atom stereocenters. The summed E-state index contributed by atoms with van der Waals surface area (Å²) in [5.41, 5.74) is -4.32. The van der Waals surface area contributed by atoms with Crippen molar-refractivity contribution in [1.82, 2.24) is 10.6 Å². The van der Waals surface area contributed by atoms with Gasteiger partial charge in [-0.3, -0.25) is 10.1 Å². The van der Waals surface area contributed by atoms with Crippen molar-refractivity contribution >= 4 is 35.3 Å². The van der Waals surface area contributed by atoms with Crippen LogP contribution in [0.3, 0.4) is 0 Å². The highest BCUT2D eigenvalue weighted by molar-refractivity contribution is 8.00. The third-order valence-electron chi connectivity index (χ3n) is 1.25. The van der Waals surface area contributed by atoms with Gasteiger partial charge in [-0.15, -0.1) is 11.6 Å². The van der Waals surface area contributed by atoms with Crippen LogP contribution in [0.5, 0.6) is 0 Å². The van der Waals surface area contributed by atoms with Crippen LogP contribution in [-0.4, -0.2) is 35.1 Å². The Labute approximate surface area is 99.3 Å². The van der Waals surface area contributed by atoms with Gasteiger partial charge in [0.1, 0.15) is 5.38 Å². The summed E-state index contributed by atoms with van der Waals surface area (Å²) < 4.78 is 35.0. The fourth-order valence-electron chi connectivity index (χ4n) is 0.587. The van der Waals surface area contributed by atoms with Gasteiger partial charge >= 0.3 is 11.5 Å². The summed E-state index contributed by atoms with van der Waals surface area (Å²) in [6, 6.07) is -0.861. The number of rotatable bonds is 4. The monoisotopic (exact) mass is 278 g/mol. The van der Waals surface area contributed by atoms with Crippen LogP contribution in [0.25, 0.3) is 0 Å². The Bertz CT molecular complexity index is 261. The van der Waals surface area contributed by atoms with Crippen LogP contribution < -0.4 is 10.6 Å². The zero-order chi connectivity index (χ0) is 12.8. The molecule has 0 saturated heterocycles. The van der Waals surface area contributed by atoms with E-state index in [0.717, 1.165) is 0 Å². The number of hydrogen-bond acceptors (Lipinski definition) is 3. The fraction of sp³-hybridized carbons (Fsp3) is 0.714. The molecule has 0 aliphatic heterocycles. The standard InChI is InChI=1S/C7H10ClF3N2O2S/c1-4(8)5(14)13-6(15)12-2-3-16-7(9,10)11/h4H,2-3H2,1H3,(H2,12,13,14,15). The van der Waals surface area contributed by atoms with Crippen LogP contribution in [0.1, 0.15) is 6.92 Å². The minimum absolute atomic E-state index is 0.194. The van der Waals surface area contributed by atoms with E-state index in [-0.39, 0.29) is 24.1 Å². The topological polar surface area (TPSA) is 58.2 Å². The summed E-state index contributed by atoms with van der Waals surface area (Å²) in [7, 11) is 0. The van der Waals surface area contributed by atoms with E-state index in [0.29, 0.717) is 0 Å². The number of alkyl halides is 4. The quantitative estimate of drug-likeness (QED) is 0.608. The Balaban J connectivity index is 3.63. The second kappa shape index (κ2) is 6.85. The first-order valence-corrected chi connectivity index (χ1v) is 5.58. The molecule has 0 bridgehead atoms. The normalized spacial score (nSPS) is 13.1. The maximum absolute atomic E-state index is 11.7. The van der Waals surface area contributed by atoms with Crippen molar-refractivity contribution in [3.63, 3.8) is 0 Å². The molecule has 0 saturated carbocycles. The average molecular weight is 279 g/mol. The Morgan fingerprint density at radius 1 is 1.44 bits per heavy atom. The van der Waals surface area contributed by atoms with Gasteiger partial charge in [-0.2, -0.15) is 13.2 Å². The Morgan fingerprint density at radius 2 is 2.00 bits per heavy atom. The van der Waals surface area contributed by atoms with E-state index >= 15 is 0 Å². The predicted molar refractivity (Wildman–Crippen MR) is 55.4 cm³/mol. The van der Waals surface area contributed by atoms with Crippen LogP contribution in [0.15, 0.2) is 0 Å². The Kier molecular flexibility index (Phi) is 6.58. The van der Waals surface area contributed by atoms with Crippen molar-refractivity contribution in [2.24, 2.45) is 0 Å². The van der Waals surface area contributed by atoms with Gasteiger partial charge < -0.3 is 5.32 Å². The van der Waals surface area contributed by atoms with E-state index in [2.05, 4.69) is 5.32 Å². The van der Waals surface area contributed by atoms with Crippen LogP contribution in [0.2, 0.25) is 0 Å². The molecule has 0 aromatic carbocycles. The van der Waals surface area contributed by atoms with E-state index < -0.39 is 22.8 Å². The van der Waals surface area contributed by atoms with E-state index in [4.69, 9.17) is 11.6 Å². The summed E-state index contributed by atoms with van der Waals surface area (Å²) in [6.45, 7) is 1.17. The van der Waals surface area contributed by atoms with Gasteiger partial charge in [0.05, 0.1) is 0 Å². The van der Waals surface area contributed by atoms with Crippen molar-refractivity contribution in [3.8, 4) is 0 Å². The van der Waals surface area contributed by atoms with Gasteiger partial charge in [0.15, 0.2) is 0 Å². The molecule has 3 amide bonds. The van der Waals surface area contributed by atoms with E-state index in [9.17, 15) is 22.8 Å². The van der Waals surface area contributed by atoms with Crippen LogP contribution >= 0.6 is 23.4 Å². The van der Waals surface area contributed by atoms with Crippen molar-refractivity contribution in [1.29, 1.82) is 0 Å². The zero-order valence-electron chi connectivity index (χ0n) is 8.23. The SMILES string of the molecule is CC(Cl)C(=O)NC(=O)NCCSC(F)(F)F. The van der Waals surface area contributed by atoms with Gasteiger partial charge in [0, 0.05) is 12.3 Å². The number of halogens is 4. The molecule has 94 valence electrons. The number of urea groups is 1. The highest BCUT2D eigenvalue weighted by Gasteiger charge is 2.27. The molecule has 0 rings (SSSR count). The molecule has 0 aromatic rings. The number of imide groups is 1. The fourth-order valence-corrected chi connectivity index (χ4v) is 1.08. The van der Waals surface area contributed by atoms with E-state index in [1.165, 1.54) is 6.92 Å². The molecule has 2 N–H and O–H groups in total. The number of thioether (sulfide) groups is 1. The van der Waals surface area contributed by atoms with E-state index in [1.54, 1.807) is 0 Å². The highest BCUT2D eigenvalue weighted by Crippen LogP contribution is 2.29. The van der Waals surface area contributed by atoms with Crippen molar-refractivity contribution < 1.29 is 22.8 Å². The second-order valence-corrected chi connectivity index (χ2v) is 4.47. The van der Waals surface area contributed by atoms with Gasteiger partial charge in [0.25, 0.3) is 0 Å². The molecule has 4 nitrogen and oxygen atoms in total. The number of hydrogen-bond donors (Lipinski definition) is 2. The van der Waals surface area contributed by atoms with Gasteiger partial charge in [0.2, 0.25) is 5.91 Å². The molecule has 16 heavy (non-hydrogen) atoms. The van der Waals surface area contributed by atoms with E-state index in [1.807, 2.05) is 5.32 Å². The number of nitrogens with one attached hydrogen (secondary N) is 2. The minimum atomic E-state index is -4.32. The molecule has 0 aromatic heterocycles. The number of carbonyl (C=O) groups excluding carboxylic acids is 2. The molecule has 0 aliphatic carbocycles. The number of amides is 3. The van der Waals surface area contributed by atoms with Gasteiger partial charge in [-0.1, -0.05) is 0 Å². The molecule has 1 unspecified atom stereocenters. The lowest BCUT2D eigenvalue weighted by atomic mass is 10.4. The lowest BCUT2D eigenvalue weighted by molar-refractivity contribution is -0.119. The average Bonchev–Trinajstić information content (AvgIpc) is 2.10. The Hall–Kier alpha value is -0.630. The maximum Gasteiger partial charge on any atom is 0.441 e. The van der Waals surface area contributed by atoms with Crippen LogP contribution in [-0.2, 0) is 4.79 Å². The molecule has 0 heterocycles. The second-order valence-electron chi connectivity index (χ2n) is 2.66. The lowest BCUT2D eigenvalue weighted by Gasteiger charge is -2.08. The first kappa shape index (κ1) is 15.4. The summed E-state index contributed by atoms with van der Waals surface area (Å²) in [5, 5.41) is 3.08. The molecular weight excluding hydrogens is 269 g/mol. The Morgan fingerprint density at radius 3 is 2.44 bits per heavy atom. The first-order valence-electron chi connectivity index (χ1n) is 4.16. The summed E-state index contributed by atoms with van der Waals surface area (Å²) in [6.07, 6.45) is 0. The third kappa shape index (κ3) is 8.66. The zero-order valence-corrected chi connectivity index (χ0v) is 9.80. The molecule has 0 fully saturated rings.